The van der Waals surface area contributed by atoms with Crippen molar-refractivity contribution in [3.8, 4) is 0 Å². The first-order valence-corrected chi connectivity index (χ1v) is 7.33. The molecule has 0 aliphatic heterocycles. The van der Waals surface area contributed by atoms with E-state index in [9.17, 15) is 9.59 Å². The van der Waals surface area contributed by atoms with E-state index in [-0.39, 0.29) is 12.3 Å². The number of halogens is 1. The van der Waals surface area contributed by atoms with Crippen molar-refractivity contribution in [3.05, 3.63) is 23.0 Å². The molecule has 1 aromatic rings. The highest BCUT2D eigenvalue weighted by Gasteiger charge is 2.27. The first-order valence-electron chi connectivity index (χ1n) is 6.95. The summed E-state index contributed by atoms with van der Waals surface area (Å²) in [5, 5.41) is 12.0. The normalized spacial score (nSPS) is 14.2. The highest BCUT2D eigenvalue weighted by Crippen LogP contribution is 2.37. The average Bonchev–Trinajstić information content (AvgIpc) is 3.16. The van der Waals surface area contributed by atoms with E-state index in [1.807, 2.05) is 4.57 Å². The number of nitrogens with zero attached hydrogens (tertiary/aromatic N) is 1. The first kappa shape index (κ1) is 14.9. The molecular formula is C14H19ClN2O3. The topological polar surface area (TPSA) is 71.3 Å². The summed E-state index contributed by atoms with van der Waals surface area (Å²) < 4.78 is 1.95. The van der Waals surface area contributed by atoms with E-state index < -0.39 is 5.97 Å². The molecule has 1 heterocycles. The number of aliphatic carboxylic acids is 1. The largest absolute Gasteiger partial charge is 0.481 e. The Labute approximate surface area is 122 Å². The van der Waals surface area contributed by atoms with E-state index in [4.69, 9.17) is 16.7 Å². The van der Waals surface area contributed by atoms with Gasteiger partial charge in [-0.2, -0.15) is 0 Å². The molecule has 1 fully saturated rings. The Morgan fingerprint density at radius 1 is 1.35 bits per heavy atom. The summed E-state index contributed by atoms with van der Waals surface area (Å²) in [5.41, 5.74) is 0.614. The van der Waals surface area contributed by atoms with E-state index in [2.05, 4.69) is 5.32 Å². The van der Waals surface area contributed by atoms with Gasteiger partial charge in [-0.05, 0) is 31.7 Å². The lowest BCUT2D eigenvalue weighted by atomic mass is 10.2. The van der Waals surface area contributed by atoms with E-state index in [0.29, 0.717) is 29.7 Å². The van der Waals surface area contributed by atoms with Crippen LogP contribution in [0.15, 0.2) is 12.3 Å². The second-order valence-corrected chi connectivity index (χ2v) is 5.58. The Kier molecular flexibility index (Phi) is 5.06. The van der Waals surface area contributed by atoms with Crippen LogP contribution >= 0.6 is 11.6 Å². The smallest absolute Gasteiger partial charge is 0.303 e. The number of hydrogen-bond acceptors (Lipinski definition) is 2. The fourth-order valence-corrected chi connectivity index (χ4v) is 2.36. The molecule has 1 amide bonds. The minimum absolute atomic E-state index is 0.109. The summed E-state index contributed by atoms with van der Waals surface area (Å²) in [4.78, 5) is 22.4. The minimum Gasteiger partial charge on any atom is -0.481 e. The molecule has 2 N–H and O–H groups in total. The molecule has 0 radical (unpaired) electrons. The zero-order valence-corrected chi connectivity index (χ0v) is 12.0. The number of rotatable bonds is 8. The van der Waals surface area contributed by atoms with Crippen LogP contribution in [0, 0.1) is 0 Å². The van der Waals surface area contributed by atoms with Crippen molar-refractivity contribution in [1.29, 1.82) is 0 Å². The van der Waals surface area contributed by atoms with Crippen molar-refractivity contribution >= 4 is 23.5 Å². The average molecular weight is 299 g/mol. The van der Waals surface area contributed by atoms with Gasteiger partial charge in [0, 0.05) is 25.2 Å². The summed E-state index contributed by atoms with van der Waals surface area (Å²) in [7, 11) is 0. The molecule has 0 atom stereocenters. The summed E-state index contributed by atoms with van der Waals surface area (Å²) >= 11 is 5.96. The van der Waals surface area contributed by atoms with Gasteiger partial charge in [-0.1, -0.05) is 18.0 Å². The molecule has 2 rings (SSSR count). The molecule has 0 aromatic carbocycles. The Morgan fingerprint density at radius 3 is 2.75 bits per heavy atom. The number of carbonyl (C=O) groups is 2. The second kappa shape index (κ2) is 6.79. The van der Waals surface area contributed by atoms with E-state index in [0.717, 1.165) is 25.7 Å². The Morgan fingerprint density at radius 2 is 2.10 bits per heavy atom. The van der Waals surface area contributed by atoms with Crippen molar-refractivity contribution in [2.24, 2.45) is 0 Å². The quantitative estimate of drug-likeness (QED) is 0.725. The number of nitrogens with one attached hydrogen (secondary N) is 1. The molecule has 1 aliphatic carbocycles. The van der Waals surface area contributed by atoms with Gasteiger partial charge in [0.2, 0.25) is 0 Å². The van der Waals surface area contributed by atoms with Crippen LogP contribution in [0.25, 0.3) is 0 Å². The molecule has 110 valence electrons. The third-order valence-electron chi connectivity index (χ3n) is 3.34. The maximum Gasteiger partial charge on any atom is 0.303 e. The Balaban J connectivity index is 1.73. The van der Waals surface area contributed by atoms with Crippen molar-refractivity contribution in [2.45, 2.75) is 44.6 Å². The molecule has 1 aliphatic rings. The Bertz CT molecular complexity index is 495. The molecule has 0 spiro atoms. The van der Waals surface area contributed by atoms with Gasteiger partial charge in [0.1, 0.15) is 5.69 Å². The molecule has 1 saturated carbocycles. The summed E-state index contributed by atoms with van der Waals surface area (Å²) in [6.07, 6.45) is 6.43. The summed E-state index contributed by atoms with van der Waals surface area (Å²) in [5.74, 6) is -0.882. The van der Waals surface area contributed by atoms with Crippen LogP contribution in [0.5, 0.6) is 0 Å². The maximum absolute atomic E-state index is 12.1. The molecule has 6 heteroatoms. The zero-order valence-electron chi connectivity index (χ0n) is 11.3. The monoisotopic (exact) mass is 298 g/mol. The second-order valence-electron chi connectivity index (χ2n) is 5.14. The predicted molar refractivity (Wildman–Crippen MR) is 76.2 cm³/mol. The lowest BCUT2D eigenvalue weighted by Crippen LogP contribution is -2.26. The van der Waals surface area contributed by atoms with Gasteiger partial charge in [-0.3, -0.25) is 9.59 Å². The van der Waals surface area contributed by atoms with Crippen LogP contribution in [-0.4, -0.2) is 28.1 Å². The van der Waals surface area contributed by atoms with Crippen molar-refractivity contribution in [1.82, 2.24) is 9.88 Å². The zero-order chi connectivity index (χ0) is 14.5. The first-order chi connectivity index (χ1) is 9.58. The van der Waals surface area contributed by atoms with Gasteiger partial charge in [0.05, 0.1) is 5.02 Å². The van der Waals surface area contributed by atoms with Gasteiger partial charge in [-0.25, -0.2) is 0 Å². The molecule has 0 bridgehead atoms. The number of carboxylic acid groups (broad SMARTS) is 1. The number of hydrogen-bond donors (Lipinski definition) is 2. The fourth-order valence-electron chi connectivity index (χ4n) is 2.15. The van der Waals surface area contributed by atoms with Gasteiger partial charge in [-0.15, -0.1) is 0 Å². The van der Waals surface area contributed by atoms with Crippen molar-refractivity contribution < 1.29 is 14.7 Å². The van der Waals surface area contributed by atoms with E-state index in [1.54, 1.807) is 12.3 Å². The van der Waals surface area contributed by atoms with Crippen LogP contribution < -0.4 is 5.32 Å². The minimum atomic E-state index is -0.772. The van der Waals surface area contributed by atoms with Crippen LogP contribution in [0.2, 0.25) is 5.02 Å². The SMILES string of the molecule is O=C(O)CCCCCNC(=O)c1cc(Cl)cn1C1CC1. The molecule has 20 heavy (non-hydrogen) atoms. The number of aromatic nitrogens is 1. The third kappa shape index (κ3) is 4.27. The molecule has 0 unspecified atom stereocenters. The number of carboxylic acids is 1. The summed E-state index contributed by atoms with van der Waals surface area (Å²) in [6.45, 7) is 0.561. The van der Waals surface area contributed by atoms with Crippen molar-refractivity contribution in [2.75, 3.05) is 6.54 Å². The standard InChI is InChI=1S/C14H19ClN2O3/c15-10-8-12(17(9-10)11-5-6-11)14(20)16-7-3-1-2-4-13(18)19/h8-9,11H,1-7H2,(H,16,20)(H,18,19). The van der Waals surface area contributed by atoms with Gasteiger partial charge >= 0.3 is 5.97 Å². The molecule has 0 saturated heterocycles. The third-order valence-corrected chi connectivity index (χ3v) is 3.55. The number of unbranched alkanes of at least 4 members (excludes halogenated alkanes) is 2. The van der Waals surface area contributed by atoms with Crippen LogP contribution in [0.3, 0.4) is 0 Å². The van der Waals surface area contributed by atoms with E-state index in [1.165, 1.54) is 0 Å². The van der Waals surface area contributed by atoms with Crippen LogP contribution in [0.1, 0.15) is 55.1 Å². The predicted octanol–water partition coefficient (Wildman–Crippen LogP) is 2.85. The van der Waals surface area contributed by atoms with Gasteiger partial charge < -0.3 is 15.0 Å². The van der Waals surface area contributed by atoms with E-state index >= 15 is 0 Å². The van der Waals surface area contributed by atoms with Crippen molar-refractivity contribution in [3.63, 3.8) is 0 Å². The van der Waals surface area contributed by atoms with Crippen LogP contribution in [0.4, 0.5) is 0 Å². The maximum atomic E-state index is 12.1. The molecule has 1 aromatic heterocycles. The van der Waals surface area contributed by atoms with Crippen LogP contribution in [-0.2, 0) is 4.79 Å². The fraction of sp³-hybridized carbons (Fsp3) is 0.571. The lowest BCUT2D eigenvalue weighted by molar-refractivity contribution is -0.137. The Hall–Kier alpha value is -1.49. The molecule has 5 nitrogen and oxygen atoms in total. The molecular weight excluding hydrogens is 280 g/mol. The number of carbonyl (C=O) groups excluding carboxylic acids is 1. The highest BCUT2D eigenvalue weighted by atomic mass is 35.5. The van der Waals surface area contributed by atoms with Gasteiger partial charge in [0.25, 0.3) is 5.91 Å². The number of amides is 1. The highest BCUT2D eigenvalue weighted by molar-refractivity contribution is 6.31. The van der Waals surface area contributed by atoms with Gasteiger partial charge in [0.15, 0.2) is 0 Å². The summed E-state index contributed by atoms with van der Waals surface area (Å²) in [6, 6.07) is 2.11. The lowest BCUT2D eigenvalue weighted by Gasteiger charge is -2.08.